The summed E-state index contributed by atoms with van der Waals surface area (Å²) in [5.41, 5.74) is -0.578. The van der Waals surface area contributed by atoms with Crippen LogP contribution in [0.3, 0.4) is 0 Å². The molecule has 9 nitrogen and oxygen atoms in total. The van der Waals surface area contributed by atoms with Gasteiger partial charge in [0.1, 0.15) is 11.2 Å². The van der Waals surface area contributed by atoms with E-state index in [1.807, 2.05) is 0 Å². The highest BCUT2D eigenvalue weighted by Crippen LogP contribution is 2.11. The van der Waals surface area contributed by atoms with E-state index in [-0.39, 0.29) is 24.5 Å². The number of hydrogen-bond acceptors (Lipinski definition) is 7. The van der Waals surface area contributed by atoms with Gasteiger partial charge in [-0.1, -0.05) is 0 Å². The zero-order chi connectivity index (χ0) is 19.7. The Labute approximate surface area is 153 Å². The standard InChI is InChI=1S/C17H27N3O6/c1-6-24-14(21)12-11-20(19-13(12)15(22)25-7-2)10-8-9-18-16(23)26-17(3,4)5/h11H,6-10H2,1-5H3,(H,18,23). The molecule has 0 atom stereocenters. The molecule has 1 N–H and O–H groups in total. The minimum atomic E-state index is -0.679. The summed E-state index contributed by atoms with van der Waals surface area (Å²) in [5.74, 6) is -1.31. The Bertz CT molecular complexity index is 597. The summed E-state index contributed by atoms with van der Waals surface area (Å²) >= 11 is 0. The van der Waals surface area contributed by atoms with Gasteiger partial charge in [-0.3, -0.25) is 4.68 Å². The van der Waals surface area contributed by atoms with Gasteiger partial charge in [-0.25, -0.2) is 14.4 Å². The molecule has 1 aromatic heterocycles. The first-order valence-corrected chi connectivity index (χ1v) is 8.56. The molecule has 146 valence electrons. The van der Waals surface area contributed by atoms with Gasteiger partial charge < -0.3 is 19.5 Å². The van der Waals surface area contributed by atoms with Gasteiger partial charge in [0, 0.05) is 19.3 Å². The molecule has 0 bridgehead atoms. The molecule has 1 aromatic rings. The summed E-state index contributed by atoms with van der Waals surface area (Å²) in [5, 5.41) is 6.74. The number of carbonyl (C=O) groups is 3. The van der Waals surface area contributed by atoms with E-state index >= 15 is 0 Å². The van der Waals surface area contributed by atoms with E-state index in [0.29, 0.717) is 19.5 Å². The summed E-state index contributed by atoms with van der Waals surface area (Å²) in [6.45, 7) is 9.80. The van der Waals surface area contributed by atoms with Gasteiger partial charge in [-0.2, -0.15) is 5.10 Å². The lowest BCUT2D eigenvalue weighted by atomic mass is 10.2. The molecule has 0 aliphatic heterocycles. The predicted octanol–water partition coefficient (Wildman–Crippen LogP) is 2.15. The van der Waals surface area contributed by atoms with Crippen molar-refractivity contribution in [3.05, 3.63) is 17.5 Å². The predicted molar refractivity (Wildman–Crippen MR) is 93.0 cm³/mol. The van der Waals surface area contributed by atoms with Crippen LogP contribution in [-0.4, -0.2) is 53.2 Å². The smallest absolute Gasteiger partial charge is 0.407 e. The zero-order valence-electron chi connectivity index (χ0n) is 16.0. The van der Waals surface area contributed by atoms with Crippen molar-refractivity contribution in [2.75, 3.05) is 19.8 Å². The Morgan fingerprint density at radius 1 is 1.12 bits per heavy atom. The number of esters is 2. The summed E-state index contributed by atoms with van der Waals surface area (Å²) < 4.78 is 16.4. The van der Waals surface area contributed by atoms with Crippen LogP contribution < -0.4 is 5.32 Å². The van der Waals surface area contributed by atoms with Gasteiger partial charge in [-0.15, -0.1) is 0 Å². The van der Waals surface area contributed by atoms with Crippen molar-refractivity contribution < 1.29 is 28.6 Å². The Morgan fingerprint density at radius 3 is 2.31 bits per heavy atom. The van der Waals surface area contributed by atoms with Crippen LogP contribution >= 0.6 is 0 Å². The minimum Gasteiger partial charge on any atom is -0.462 e. The average molecular weight is 369 g/mol. The normalized spacial score (nSPS) is 11.0. The zero-order valence-corrected chi connectivity index (χ0v) is 16.0. The number of aryl methyl sites for hydroxylation is 1. The molecule has 0 unspecified atom stereocenters. The number of alkyl carbamates (subject to hydrolysis) is 1. The molecule has 26 heavy (non-hydrogen) atoms. The van der Waals surface area contributed by atoms with E-state index in [1.165, 1.54) is 10.9 Å². The first-order chi connectivity index (χ1) is 12.2. The lowest BCUT2D eigenvalue weighted by Gasteiger charge is -2.19. The number of nitrogens with one attached hydrogen (secondary N) is 1. The van der Waals surface area contributed by atoms with E-state index in [9.17, 15) is 14.4 Å². The van der Waals surface area contributed by atoms with Crippen LogP contribution in [0.5, 0.6) is 0 Å². The van der Waals surface area contributed by atoms with E-state index in [2.05, 4.69) is 10.4 Å². The third-order valence-electron chi connectivity index (χ3n) is 2.96. The lowest BCUT2D eigenvalue weighted by Crippen LogP contribution is -2.33. The van der Waals surface area contributed by atoms with E-state index in [1.54, 1.807) is 34.6 Å². The Hall–Kier alpha value is -2.58. The van der Waals surface area contributed by atoms with Crippen LogP contribution in [0.2, 0.25) is 0 Å². The number of hydrogen-bond donors (Lipinski definition) is 1. The SMILES string of the molecule is CCOC(=O)c1cn(CCCNC(=O)OC(C)(C)C)nc1C(=O)OCC. The maximum atomic E-state index is 12.0. The summed E-state index contributed by atoms with van der Waals surface area (Å²) in [7, 11) is 0. The molecule has 0 saturated carbocycles. The second kappa shape index (κ2) is 9.79. The van der Waals surface area contributed by atoms with Gasteiger partial charge in [-0.05, 0) is 41.0 Å². The molecule has 0 fully saturated rings. The van der Waals surface area contributed by atoms with Crippen molar-refractivity contribution >= 4 is 18.0 Å². The highest BCUT2D eigenvalue weighted by molar-refractivity contribution is 6.01. The van der Waals surface area contributed by atoms with Crippen LogP contribution in [0.25, 0.3) is 0 Å². The molecule has 1 heterocycles. The lowest BCUT2D eigenvalue weighted by molar-refractivity contribution is 0.0475. The van der Waals surface area contributed by atoms with E-state index in [0.717, 1.165) is 0 Å². The highest BCUT2D eigenvalue weighted by Gasteiger charge is 2.24. The fourth-order valence-corrected chi connectivity index (χ4v) is 1.99. The summed E-state index contributed by atoms with van der Waals surface area (Å²) in [6, 6.07) is 0. The quantitative estimate of drug-likeness (QED) is 0.425. The summed E-state index contributed by atoms with van der Waals surface area (Å²) in [4.78, 5) is 35.5. The van der Waals surface area contributed by atoms with Crippen molar-refractivity contribution in [2.45, 2.75) is 53.2 Å². The molecule has 0 radical (unpaired) electrons. The van der Waals surface area contributed by atoms with Crippen LogP contribution in [0.1, 0.15) is 61.9 Å². The second-order valence-electron chi connectivity index (χ2n) is 6.38. The fourth-order valence-electron chi connectivity index (χ4n) is 1.99. The fraction of sp³-hybridized carbons (Fsp3) is 0.647. The number of carbonyl (C=O) groups excluding carboxylic acids is 3. The van der Waals surface area contributed by atoms with Gasteiger partial charge >= 0.3 is 18.0 Å². The minimum absolute atomic E-state index is 0.0606. The van der Waals surface area contributed by atoms with Crippen LogP contribution in [-0.2, 0) is 20.8 Å². The highest BCUT2D eigenvalue weighted by atomic mass is 16.6. The molecule has 0 aliphatic rings. The summed E-state index contributed by atoms with van der Waals surface area (Å²) in [6.07, 6.45) is 1.47. The first kappa shape index (κ1) is 21.5. The topological polar surface area (TPSA) is 109 Å². The largest absolute Gasteiger partial charge is 0.462 e. The molecule has 1 amide bonds. The Balaban J connectivity index is 2.66. The van der Waals surface area contributed by atoms with Crippen LogP contribution in [0.15, 0.2) is 6.20 Å². The molecule has 0 aromatic carbocycles. The molecule has 0 spiro atoms. The Morgan fingerprint density at radius 2 is 1.73 bits per heavy atom. The number of nitrogens with zero attached hydrogens (tertiary/aromatic N) is 2. The third kappa shape index (κ3) is 7.12. The van der Waals surface area contributed by atoms with Crippen LogP contribution in [0.4, 0.5) is 4.79 Å². The van der Waals surface area contributed by atoms with Gasteiger partial charge in [0.15, 0.2) is 5.69 Å². The molecular weight excluding hydrogens is 342 g/mol. The van der Waals surface area contributed by atoms with Crippen molar-refractivity contribution in [3.8, 4) is 0 Å². The van der Waals surface area contributed by atoms with Crippen molar-refractivity contribution in [1.82, 2.24) is 15.1 Å². The Kier molecular flexibility index (Phi) is 8.08. The van der Waals surface area contributed by atoms with Gasteiger partial charge in [0.05, 0.1) is 13.2 Å². The molecule has 0 saturated heterocycles. The molecule has 1 rings (SSSR count). The molecular formula is C17H27N3O6. The average Bonchev–Trinajstić information content (AvgIpc) is 2.95. The van der Waals surface area contributed by atoms with Gasteiger partial charge in [0.25, 0.3) is 0 Å². The number of amides is 1. The maximum absolute atomic E-state index is 12.0. The monoisotopic (exact) mass is 369 g/mol. The molecule has 9 heteroatoms. The second-order valence-corrected chi connectivity index (χ2v) is 6.38. The number of ether oxygens (including phenoxy) is 3. The number of aromatic nitrogens is 2. The maximum Gasteiger partial charge on any atom is 0.407 e. The van der Waals surface area contributed by atoms with Crippen molar-refractivity contribution in [1.29, 1.82) is 0 Å². The third-order valence-corrected chi connectivity index (χ3v) is 2.96. The molecule has 0 aliphatic carbocycles. The van der Waals surface area contributed by atoms with Gasteiger partial charge in [0.2, 0.25) is 0 Å². The van der Waals surface area contributed by atoms with E-state index < -0.39 is 23.6 Å². The first-order valence-electron chi connectivity index (χ1n) is 8.56. The van der Waals surface area contributed by atoms with E-state index in [4.69, 9.17) is 14.2 Å². The van der Waals surface area contributed by atoms with Crippen molar-refractivity contribution in [2.24, 2.45) is 0 Å². The van der Waals surface area contributed by atoms with Crippen molar-refractivity contribution in [3.63, 3.8) is 0 Å². The van der Waals surface area contributed by atoms with Crippen LogP contribution in [0, 0.1) is 0 Å². The number of rotatable bonds is 8.